The number of hydrogen-bond acceptors (Lipinski definition) is 11. The van der Waals surface area contributed by atoms with Crippen LogP contribution in [0, 0.1) is 80.5 Å². The lowest BCUT2D eigenvalue weighted by Gasteiger charge is -2.27. The summed E-state index contributed by atoms with van der Waals surface area (Å²) in [6, 6.07) is 15.7. The van der Waals surface area contributed by atoms with Crippen molar-refractivity contribution in [3.8, 4) is 41.2 Å². The molecule has 0 N–H and O–H groups in total. The molecule has 0 fully saturated rings. The number of anilines is 1. The highest BCUT2D eigenvalue weighted by atomic mass is 19.2. The van der Waals surface area contributed by atoms with Crippen molar-refractivity contribution in [3.05, 3.63) is 164 Å². The van der Waals surface area contributed by atoms with Crippen LogP contribution in [0.5, 0.6) is 23.0 Å². The standard InChI is InChI=1S/C49H36F8N4O7/c1-5-63-46-41(54)37(50)33(38(51)42(46)55)24-66-29-18-27(19-30(20-29)67-25-34-39(52)43(56)47(64-6-2)44(57)40(34)53)48(62)65-17-16-61-15-14-26(31-11-7-8-13-36(31)61)10-9-12-35-32(23-60)45(28(21-58)22-59)68-49(35,3)4/h7-15,18-20H,5-6,16-17,24-25H2,1-4H3/b12-9+,26-10-. The number of hydrogen-bond donors (Lipinski definition) is 0. The van der Waals surface area contributed by atoms with Crippen LogP contribution in [0.1, 0.15) is 54.7 Å². The topological polar surface area (TPSA) is 147 Å². The first kappa shape index (κ1) is 49.2. The second-order valence-electron chi connectivity index (χ2n) is 14.8. The monoisotopic (exact) mass is 944 g/mol. The van der Waals surface area contributed by atoms with Crippen LogP contribution in [0.25, 0.3) is 5.57 Å². The van der Waals surface area contributed by atoms with Crippen LogP contribution in [-0.4, -0.2) is 37.9 Å². The number of nitriles is 3. The van der Waals surface area contributed by atoms with Crippen molar-refractivity contribution in [2.24, 2.45) is 0 Å². The van der Waals surface area contributed by atoms with Crippen LogP contribution in [0.3, 0.4) is 0 Å². The normalized spacial score (nSPS) is 14.3. The van der Waals surface area contributed by atoms with Crippen molar-refractivity contribution in [2.45, 2.75) is 46.5 Å². The van der Waals surface area contributed by atoms with Crippen molar-refractivity contribution >= 4 is 17.2 Å². The van der Waals surface area contributed by atoms with Gasteiger partial charge in [0.25, 0.3) is 0 Å². The van der Waals surface area contributed by atoms with Crippen molar-refractivity contribution in [3.63, 3.8) is 0 Å². The Kier molecular flexibility index (Phi) is 15.1. The molecule has 0 aromatic heterocycles. The number of esters is 1. The molecule has 2 aliphatic rings. The summed E-state index contributed by atoms with van der Waals surface area (Å²) in [5.74, 6) is -19.3. The van der Waals surface area contributed by atoms with Crippen molar-refractivity contribution in [2.75, 3.05) is 31.3 Å². The number of rotatable bonds is 16. The summed E-state index contributed by atoms with van der Waals surface area (Å²) in [5, 5.41) is 28.6. The lowest BCUT2D eigenvalue weighted by Crippen LogP contribution is -2.25. The van der Waals surface area contributed by atoms with Gasteiger partial charge in [0, 0.05) is 29.1 Å². The minimum absolute atomic E-state index is 0.0530. The molecule has 350 valence electrons. The molecule has 0 spiro atoms. The largest absolute Gasteiger partial charge is 0.489 e. The zero-order valence-electron chi connectivity index (χ0n) is 36.3. The summed E-state index contributed by atoms with van der Waals surface area (Å²) in [4.78, 5) is 15.3. The van der Waals surface area contributed by atoms with Gasteiger partial charge in [-0.05, 0) is 57.5 Å². The van der Waals surface area contributed by atoms with E-state index in [1.165, 1.54) is 13.8 Å². The maximum atomic E-state index is 14.9. The van der Waals surface area contributed by atoms with Gasteiger partial charge in [0.2, 0.25) is 23.3 Å². The molecule has 4 aromatic rings. The van der Waals surface area contributed by atoms with Crippen LogP contribution < -0.4 is 23.8 Å². The Balaban J connectivity index is 1.23. The van der Waals surface area contributed by atoms with Crippen molar-refractivity contribution in [1.29, 1.82) is 15.8 Å². The third-order valence-corrected chi connectivity index (χ3v) is 10.2. The third-order valence-electron chi connectivity index (χ3n) is 10.2. The van der Waals surface area contributed by atoms with Crippen LogP contribution in [0.4, 0.5) is 40.8 Å². The van der Waals surface area contributed by atoms with Gasteiger partial charge in [-0.15, -0.1) is 0 Å². The number of benzene rings is 4. The lowest BCUT2D eigenvalue weighted by atomic mass is 9.94. The fourth-order valence-corrected chi connectivity index (χ4v) is 6.98. The number of fused-ring (bicyclic) bond motifs is 1. The summed E-state index contributed by atoms with van der Waals surface area (Å²) in [5.41, 5.74) is -1.45. The van der Waals surface area contributed by atoms with Gasteiger partial charge < -0.3 is 33.3 Å². The molecular weight excluding hydrogens is 909 g/mol. The Morgan fingerprint density at radius 2 is 1.28 bits per heavy atom. The number of allylic oxidation sites excluding steroid dienone is 6. The van der Waals surface area contributed by atoms with Gasteiger partial charge in [0.1, 0.15) is 60.7 Å². The molecule has 0 aliphatic carbocycles. The van der Waals surface area contributed by atoms with Gasteiger partial charge in [0.05, 0.1) is 36.4 Å². The fourth-order valence-electron chi connectivity index (χ4n) is 6.98. The SMILES string of the molecule is CCOc1c(F)c(F)c(COc2cc(OCc3c(F)c(F)c(OCC)c(F)c3F)cc(C(=O)OCCN3C=C/C(=C/C=C/C4=C(C#N)C(=C(C#N)C#N)OC4(C)C)c4ccccc43)c2)c(F)c1F. The Labute approximate surface area is 383 Å². The Morgan fingerprint density at radius 3 is 1.78 bits per heavy atom. The average Bonchev–Trinajstić information content (AvgIpc) is 3.59. The maximum absolute atomic E-state index is 14.9. The molecule has 68 heavy (non-hydrogen) atoms. The van der Waals surface area contributed by atoms with Crippen molar-refractivity contribution < 1.29 is 68.3 Å². The van der Waals surface area contributed by atoms with E-state index in [0.29, 0.717) is 11.3 Å². The molecule has 0 radical (unpaired) electrons. The second-order valence-corrected chi connectivity index (χ2v) is 14.8. The number of para-hydroxylation sites is 1. The van der Waals surface area contributed by atoms with E-state index in [9.17, 15) is 55.7 Å². The molecule has 0 atom stereocenters. The summed E-state index contributed by atoms with van der Waals surface area (Å²) < 4.78 is 150. The molecular formula is C49H36F8N4O7. The highest BCUT2D eigenvalue weighted by molar-refractivity contribution is 5.90. The van der Waals surface area contributed by atoms with Crippen LogP contribution in [-0.2, 0) is 22.7 Å². The maximum Gasteiger partial charge on any atom is 0.338 e. The molecule has 0 amide bonds. The molecule has 19 heteroatoms. The van der Waals surface area contributed by atoms with E-state index >= 15 is 0 Å². The van der Waals surface area contributed by atoms with E-state index < -0.39 is 105 Å². The number of ether oxygens (including phenoxy) is 6. The Bertz CT molecular complexity index is 2810. The van der Waals surface area contributed by atoms with Gasteiger partial charge in [-0.2, -0.15) is 33.3 Å². The molecule has 0 unspecified atom stereocenters. The number of halogens is 8. The number of carbonyl (C=O) groups is 1. The summed E-state index contributed by atoms with van der Waals surface area (Å²) in [6.45, 7) is 2.85. The minimum atomic E-state index is -1.84. The van der Waals surface area contributed by atoms with E-state index in [1.807, 2.05) is 12.1 Å². The highest BCUT2D eigenvalue weighted by Crippen LogP contribution is 2.41. The van der Waals surface area contributed by atoms with Gasteiger partial charge in [0.15, 0.2) is 46.1 Å². The first-order chi connectivity index (χ1) is 32.5. The van der Waals surface area contributed by atoms with E-state index in [1.54, 1.807) is 79.6 Å². The van der Waals surface area contributed by atoms with Gasteiger partial charge >= 0.3 is 5.97 Å². The van der Waals surface area contributed by atoms with Gasteiger partial charge in [-0.3, -0.25) is 0 Å². The first-order valence-corrected chi connectivity index (χ1v) is 20.4. The Hall–Kier alpha value is -8.24. The first-order valence-electron chi connectivity index (χ1n) is 20.4. The molecule has 2 heterocycles. The Morgan fingerprint density at radius 1 is 0.750 bits per heavy atom. The highest BCUT2D eigenvalue weighted by Gasteiger charge is 2.38. The van der Waals surface area contributed by atoms with Crippen LogP contribution in [0.15, 0.2) is 95.4 Å². The molecule has 0 saturated carbocycles. The van der Waals surface area contributed by atoms with Crippen LogP contribution in [0.2, 0.25) is 0 Å². The third kappa shape index (κ3) is 9.95. The zero-order chi connectivity index (χ0) is 49.4. The summed E-state index contributed by atoms with van der Waals surface area (Å²) >= 11 is 0. The summed E-state index contributed by atoms with van der Waals surface area (Å²) in [7, 11) is 0. The fraction of sp³-hybridized carbons (Fsp3) is 0.224. The van der Waals surface area contributed by atoms with Crippen molar-refractivity contribution in [1.82, 2.24) is 0 Å². The van der Waals surface area contributed by atoms with E-state index in [2.05, 4.69) is 9.47 Å². The predicted molar refractivity (Wildman–Crippen MR) is 226 cm³/mol. The second kappa shape index (κ2) is 20.9. The number of nitrogens with zero attached hydrogens (tertiary/aromatic N) is 4. The molecule has 0 saturated heterocycles. The van der Waals surface area contributed by atoms with Gasteiger partial charge in [-0.25, -0.2) is 22.4 Å². The smallest absolute Gasteiger partial charge is 0.338 e. The lowest BCUT2D eigenvalue weighted by molar-refractivity contribution is 0.0515. The number of carbonyl (C=O) groups excluding carboxylic acids is 1. The van der Waals surface area contributed by atoms with E-state index in [4.69, 9.17) is 18.9 Å². The summed E-state index contributed by atoms with van der Waals surface area (Å²) in [6.07, 6.45) is 8.59. The molecule has 0 bridgehead atoms. The molecule has 11 nitrogen and oxygen atoms in total. The molecule has 2 aliphatic heterocycles. The predicted octanol–water partition coefficient (Wildman–Crippen LogP) is 10.8. The zero-order valence-corrected chi connectivity index (χ0v) is 36.3. The minimum Gasteiger partial charge on any atom is -0.489 e. The average molecular weight is 945 g/mol. The van der Waals surface area contributed by atoms with Crippen LogP contribution >= 0.6 is 0 Å². The van der Waals surface area contributed by atoms with E-state index in [0.717, 1.165) is 29.3 Å². The molecule has 4 aromatic carbocycles. The quantitative estimate of drug-likeness (QED) is 0.0457. The molecule has 6 rings (SSSR count). The van der Waals surface area contributed by atoms with E-state index in [-0.39, 0.29) is 48.8 Å². The van der Waals surface area contributed by atoms with Gasteiger partial charge in [-0.1, -0.05) is 36.4 Å².